The molecule has 1 amide bonds. The van der Waals surface area contributed by atoms with Gasteiger partial charge in [0.15, 0.2) is 0 Å². The maximum absolute atomic E-state index is 13.3. The van der Waals surface area contributed by atoms with Crippen LogP contribution in [0.1, 0.15) is 233 Å². The van der Waals surface area contributed by atoms with Gasteiger partial charge >= 0.3 is 5.97 Å². The quantitative estimate of drug-likeness (QED) is 0.0391. The number of esters is 1. The number of hydrogen-bond acceptors (Lipinski definition) is 5. The molecule has 0 aromatic heterocycles. The first-order valence-electron chi connectivity index (χ1n) is 23.8. The van der Waals surface area contributed by atoms with Crippen LogP contribution in [0.3, 0.4) is 0 Å². The predicted molar refractivity (Wildman–Crippen MR) is 230 cm³/mol. The lowest BCUT2D eigenvalue weighted by Crippen LogP contribution is -2.49. The van der Waals surface area contributed by atoms with Gasteiger partial charge in [-0.15, -0.1) is 0 Å². The molecular weight excluding hydrogens is 669 g/mol. The van der Waals surface area contributed by atoms with Crippen molar-refractivity contribution in [3.63, 3.8) is 0 Å². The molecule has 0 aromatic rings. The Kier molecular flexibility index (Phi) is 29.5. The number of nitrogens with one attached hydrogen (secondary N) is 1. The zero-order chi connectivity index (χ0) is 39.0. The second-order valence-electron chi connectivity index (χ2n) is 17.8. The van der Waals surface area contributed by atoms with Crippen molar-refractivity contribution in [2.24, 2.45) is 5.92 Å². The van der Waals surface area contributed by atoms with Gasteiger partial charge in [-0.1, -0.05) is 154 Å². The Balaban J connectivity index is 1.74. The van der Waals surface area contributed by atoms with E-state index in [0.29, 0.717) is 18.8 Å². The van der Waals surface area contributed by atoms with Crippen LogP contribution in [0.4, 0.5) is 0 Å². The van der Waals surface area contributed by atoms with E-state index in [1.165, 1.54) is 161 Å². The summed E-state index contributed by atoms with van der Waals surface area (Å²) in [7, 11) is 0. The third-order valence-electron chi connectivity index (χ3n) is 12.0. The van der Waals surface area contributed by atoms with E-state index in [4.69, 9.17) is 9.47 Å². The van der Waals surface area contributed by atoms with Gasteiger partial charge in [0, 0.05) is 12.8 Å². The summed E-state index contributed by atoms with van der Waals surface area (Å²) in [5, 5.41) is 3.32. The van der Waals surface area contributed by atoms with Crippen LogP contribution in [0, 0.1) is 5.92 Å². The first-order chi connectivity index (χ1) is 26.3. The largest absolute Gasteiger partial charge is 0.463 e. The van der Waals surface area contributed by atoms with Gasteiger partial charge in [0.05, 0.1) is 17.7 Å². The van der Waals surface area contributed by atoms with Crippen LogP contribution < -0.4 is 5.32 Å². The summed E-state index contributed by atoms with van der Waals surface area (Å²) in [6, 6.07) is -0.299. The molecule has 0 aliphatic carbocycles. The van der Waals surface area contributed by atoms with Crippen LogP contribution in [0.15, 0.2) is 12.2 Å². The fourth-order valence-corrected chi connectivity index (χ4v) is 8.75. The van der Waals surface area contributed by atoms with Crippen molar-refractivity contribution < 1.29 is 19.1 Å². The Morgan fingerprint density at radius 3 is 1.74 bits per heavy atom. The van der Waals surface area contributed by atoms with Crippen molar-refractivity contribution >= 4 is 11.9 Å². The van der Waals surface area contributed by atoms with Crippen LogP contribution >= 0.6 is 0 Å². The minimum absolute atomic E-state index is 0.0696. The summed E-state index contributed by atoms with van der Waals surface area (Å²) in [6.07, 6.45) is 43.4. The molecule has 6 heteroatoms. The molecule has 0 radical (unpaired) electrons. The van der Waals surface area contributed by atoms with E-state index in [1.807, 2.05) is 0 Å². The molecular formula is C48H90N2O4. The number of carbonyl (C=O) groups excluding carboxylic acids is 2. The first kappa shape index (κ1) is 48.7. The monoisotopic (exact) mass is 759 g/mol. The summed E-state index contributed by atoms with van der Waals surface area (Å²) < 4.78 is 12.6. The lowest BCUT2D eigenvalue weighted by atomic mass is 9.86. The number of unbranched alkanes of at least 4 members (excludes halogenated alkanes) is 22. The van der Waals surface area contributed by atoms with Gasteiger partial charge in [-0.2, -0.15) is 0 Å². The van der Waals surface area contributed by atoms with Crippen LogP contribution in [0.2, 0.25) is 0 Å². The molecule has 54 heavy (non-hydrogen) atoms. The Morgan fingerprint density at radius 2 is 1.19 bits per heavy atom. The highest BCUT2D eigenvalue weighted by Crippen LogP contribution is 2.39. The lowest BCUT2D eigenvalue weighted by Gasteiger charge is -2.29. The van der Waals surface area contributed by atoms with Crippen LogP contribution in [-0.4, -0.2) is 60.8 Å². The molecule has 2 fully saturated rings. The summed E-state index contributed by atoms with van der Waals surface area (Å²) in [6.45, 7) is 12.4. The van der Waals surface area contributed by atoms with Gasteiger partial charge in [-0.3, -0.25) is 9.59 Å². The summed E-state index contributed by atoms with van der Waals surface area (Å²) in [5.41, 5.74) is -0.237. The van der Waals surface area contributed by atoms with Crippen LogP contribution in [0.5, 0.6) is 0 Å². The number of carbonyl (C=O) groups is 2. The van der Waals surface area contributed by atoms with Crippen LogP contribution in [-0.2, 0) is 19.1 Å². The second kappa shape index (κ2) is 32.7. The minimum atomic E-state index is -0.299. The molecule has 2 saturated heterocycles. The van der Waals surface area contributed by atoms with Gasteiger partial charge in [0.25, 0.3) is 0 Å². The highest BCUT2D eigenvalue weighted by Gasteiger charge is 2.44. The number of hydrogen-bond donors (Lipinski definition) is 1. The van der Waals surface area contributed by atoms with Crippen molar-refractivity contribution in [2.75, 3.05) is 26.2 Å². The molecule has 2 aliphatic heterocycles. The maximum atomic E-state index is 13.3. The molecule has 1 N–H and O–H groups in total. The van der Waals surface area contributed by atoms with Gasteiger partial charge in [0.1, 0.15) is 6.61 Å². The number of allylic oxidation sites excluding steroid dienone is 2. The highest BCUT2D eigenvalue weighted by atomic mass is 16.5. The number of amides is 1. The SMILES string of the molecule is CCCCCCCC/C=C\CCCCCCCC(=O)N[C@@H](COC(=O)CCCN1CCCC1)[C@@H]1OC(C)(C)C[C@@H]1CCCCCCCCCCCCCC. The van der Waals surface area contributed by atoms with E-state index in [2.05, 4.69) is 50.1 Å². The zero-order valence-electron chi connectivity index (χ0n) is 36.4. The second-order valence-corrected chi connectivity index (χ2v) is 17.8. The van der Waals surface area contributed by atoms with E-state index < -0.39 is 0 Å². The Hall–Kier alpha value is -1.40. The minimum Gasteiger partial charge on any atom is -0.463 e. The molecule has 3 atom stereocenters. The molecule has 0 saturated carbocycles. The molecule has 0 spiro atoms. The average molecular weight is 759 g/mol. The third-order valence-corrected chi connectivity index (χ3v) is 12.0. The lowest BCUT2D eigenvalue weighted by molar-refractivity contribution is -0.147. The Labute approximate surface area is 335 Å². The third kappa shape index (κ3) is 25.7. The predicted octanol–water partition coefficient (Wildman–Crippen LogP) is 13.2. The summed E-state index contributed by atoms with van der Waals surface area (Å²) >= 11 is 0. The van der Waals surface area contributed by atoms with Crippen molar-refractivity contribution in [1.29, 1.82) is 0 Å². The number of nitrogens with zero attached hydrogens (tertiary/aromatic N) is 1. The number of ether oxygens (including phenoxy) is 2. The van der Waals surface area contributed by atoms with Crippen LogP contribution in [0.25, 0.3) is 0 Å². The normalized spacial score (nSPS) is 19.2. The van der Waals surface area contributed by atoms with E-state index in [0.717, 1.165) is 51.7 Å². The van der Waals surface area contributed by atoms with Crippen molar-refractivity contribution in [3.8, 4) is 0 Å². The molecule has 2 aliphatic rings. The van der Waals surface area contributed by atoms with Crippen molar-refractivity contribution in [1.82, 2.24) is 10.2 Å². The van der Waals surface area contributed by atoms with Gasteiger partial charge in [-0.05, 0) is 104 Å². The van der Waals surface area contributed by atoms with E-state index >= 15 is 0 Å². The average Bonchev–Trinajstić information content (AvgIpc) is 3.78. The molecule has 2 heterocycles. The Morgan fingerprint density at radius 1 is 0.685 bits per heavy atom. The highest BCUT2D eigenvalue weighted by molar-refractivity contribution is 5.76. The summed E-state index contributed by atoms with van der Waals surface area (Å²) in [5.74, 6) is 0.280. The smallest absolute Gasteiger partial charge is 0.305 e. The fourth-order valence-electron chi connectivity index (χ4n) is 8.75. The van der Waals surface area contributed by atoms with E-state index in [1.54, 1.807) is 0 Å². The van der Waals surface area contributed by atoms with Gasteiger partial charge in [-0.25, -0.2) is 0 Å². The van der Waals surface area contributed by atoms with E-state index in [9.17, 15) is 9.59 Å². The molecule has 0 bridgehead atoms. The standard InChI is InChI=1S/C48H90N2O4/c1-5-7-9-11-13-15-17-19-20-21-23-25-27-29-31-36-45(51)49-44(42-53-46(52)37-34-40-50-38-32-33-39-50)47-43(41-48(3,4)54-47)35-30-28-26-24-22-18-16-14-12-10-8-6-2/h19-20,43-44,47H,5-18,21-42H2,1-4H3,(H,49,51)/b20-19-/t43-,44-,47+/m0/s1. The first-order valence-corrected chi connectivity index (χ1v) is 23.8. The Bertz CT molecular complexity index is 930. The molecule has 316 valence electrons. The van der Waals surface area contributed by atoms with Crippen molar-refractivity contribution in [2.45, 2.75) is 251 Å². The summed E-state index contributed by atoms with van der Waals surface area (Å²) in [4.78, 5) is 28.6. The van der Waals surface area contributed by atoms with Crippen molar-refractivity contribution in [3.05, 3.63) is 12.2 Å². The van der Waals surface area contributed by atoms with Gasteiger partial charge in [0.2, 0.25) is 5.91 Å². The maximum Gasteiger partial charge on any atom is 0.305 e. The topological polar surface area (TPSA) is 67.9 Å². The van der Waals surface area contributed by atoms with Gasteiger partial charge < -0.3 is 19.7 Å². The molecule has 6 nitrogen and oxygen atoms in total. The molecule has 0 unspecified atom stereocenters. The fraction of sp³-hybridized carbons (Fsp3) is 0.917. The molecule has 0 aromatic carbocycles. The number of rotatable bonds is 36. The zero-order valence-corrected chi connectivity index (χ0v) is 36.4. The van der Waals surface area contributed by atoms with E-state index in [-0.39, 0.29) is 36.2 Å². The number of likely N-dealkylation sites (tertiary alicyclic amines) is 1. The molecule has 2 rings (SSSR count).